The maximum atomic E-state index is 11.5. The van der Waals surface area contributed by atoms with Gasteiger partial charge in [0.05, 0.1) is 12.4 Å². The van der Waals surface area contributed by atoms with Crippen LogP contribution in [0.25, 0.3) is 0 Å². The summed E-state index contributed by atoms with van der Waals surface area (Å²) in [6, 6.07) is 7.00. The molecule has 1 rings (SSSR count). The van der Waals surface area contributed by atoms with Crippen molar-refractivity contribution in [1.29, 1.82) is 0 Å². The van der Waals surface area contributed by atoms with Crippen LogP contribution in [0.3, 0.4) is 0 Å². The average Bonchev–Trinajstić information content (AvgIpc) is 2.26. The molecule has 1 aromatic carbocycles. The second kappa shape index (κ2) is 5.83. The summed E-state index contributed by atoms with van der Waals surface area (Å²) in [6.45, 7) is 0.555. The third-order valence-corrected chi connectivity index (χ3v) is 3.24. The van der Waals surface area contributed by atoms with E-state index in [1.54, 1.807) is 18.2 Å². The Morgan fingerprint density at radius 1 is 1.44 bits per heavy atom. The molecule has 6 heteroatoms. The zero-order valence-corrected chi connectivity index (χ0v) is 9.96. The normalized spacial score (nSPS) is 11.4. The molecule has 0 saturated carbocycles. The lowest BCUT2D eigenvalue weighted by Crippen LogP contribution is -2.19. The lowest BCUT2D eigenvalue weighted by Gasteiger charge is -2.08. The van der Waals surface area contributed by atoms with Crippen LogP contribution < -0.4 is 10.5 Å². The fraction of sp³-hybridized carbons (Fsp3) is 0.400. The lowest BCUT2D eigenvalue weighted by molar-refractivity contribution is 0.217. The molecule has 0 atom stereocenters. The van der Waals surface area contributed by atoms with Crippen LogP contribution in [0.15, 0.2) is 24.3 Å². The molecule has 0 unspecified atom stereocenters. The number of nitrogens with two attached hydrogens (primary N) is 1. The molecule has 0 aliphatic heterocycles. The van der Waals surface area contributed by atoms with Crippen LogP contribution in [-0.4, -0.2) is 27.9 Å². The van der Waals surface area contributed by atoms with Gasteiger partial charge in [0, 0.05) is 19.3 Å². The number of methoxy groups -OCH3 is 1. The maximum absolute atomic E-state index is 11.5. The van der Waals surface area contributed by atoms with Gasteiger partial charge in [-0.05, 0) is 17.7 Å². The zero-order valence-electron chi connectivity index (χ0n) is 9.14. The van der Waals surface area contributed by atoms with Crippen molar-refractivity contribution >= 4 is 15.7 Å². The minimum atomic E-state index is -3.34. The van der Waals surface area contributed by atoms with E-state index in [2.05, 4.69) is 4.72 Å². The first-order chi connectivity index (χ1) is 7.57. The SMILES string of the molecule is COCCS(=O)(=O)Nc1cccc(CN)c1. The molecule has 0 fully saturated rings. The van der Waals surface area contributed by atoms with E-state index in [0.29, 0.717) is 12.2 Å². The Kier molecular flexibility index (Phi) is 4.72. The average molecular weight is 244 g/mol. The van der Waals surface area contributed by atoms with Crippen LogP contribution in [-0.2, 0) is 21.3 Å². The van der Waals surface area contributed by atoms with Crippen molar-refractivity contribution in [2.24, 2.45) is 5.73 Å². The maximum Gasteiger partial charge on any atom is 0.234 e. The van der Waals surface area contributed by atoms with Crippen LogP contribution in [0.4, 0.5) is 5.69 Å². The number of nitrogens with one attached hydrogen (secondary N) is 1. The minimum Gasteiger partial charge on any atom is -0.384 e. The Hall–Kier alpha value is -1.11. The quantitative estimate of drug-likeness (QED) is 0.765. The summed E-state index contributed by atoms with van der Waals surface area (Å²) in [4.78, 5) is 0. The second-order valence-corrected chi connectivity index (χ2v) is 5.16. The minimum absolute atomic E-state index is 0.0592. The van der Waals surface area contributed by atoms with Gasteiger partial charge in [-0.25, -0.2) is 8.42 Å². The highest BCUT2D eigenvalue weighted by Crippen LogP contribution is 2.11. The van der Waals surface area contributed by atoms with Crippen LogP contribution in [0.1, 0.15) is 5.56 Å². The molecule has 0 heterocycles. The first-order valence-corrected chi connectivity index (χ1v) is 6.51. The van der Waals surface area contributed by atoms with Crippen molar-refractivity contribution < 1.29 is 13.2 Å². The molecule has 3 N–H and O–H groups in total. The molecular weight excluding hydrogens is 228 g/mol. The molecule has 5 nitrogen and oxygen atoms in total. The van der Waals surface area contributed by atoms with Gasteiger partial charge in [0.2, 0.25) is 10.0 Å². The second-order valence-electron chi connectivity index (χ2n) is 3.32. The van der Waals surface area contributed by atoms with Gasteiger partial charge in [-0.3, -0.25) is 4.72 Å². The fourth-order valence-corrected chi connectivity index (χ4v) is 2.16. The van der Waals surface area contributed by atoms with Gasteiger partial charge in [-0.2, -0.15) is 0 Å². The number of anilines is 1. The van der Waals surface area contributed by atoms with E-state index in [4.69, 9.17) is 10.5 Å². The van der Waals surface area contributed by atoms with Gasteiger partial charge < -0.3 is 10.5 Å². The summed E-state index contributed by atoms with van der Waals surface area (Å²) < 4.78 is 30.3. The Morgan fingerprint density at radius 3 is 2.81 bits per heavy atom. The van der Waals surface area contributed by atoms with Gasteiger partial charge in [0.15, 0.2) is 0 Å². The van der Waals surface area contributed by atoms with E-state index in [1.807, 2.05) is 6.07 Å². The molecule has 0 aromatic heterocycles. The summed E-state index contributed by atoms with van der Waals surface area (Å²) in [7, 11) is -1.87. The van der Waals surface area contributed by atoms with Gasteiger partial charge in [-0.1, -0.05) is 12.1 Å². The number of hydrogen-bond acceptors (Lipinski definition) is 4. The molecule has 0 aliphatic carbocycles. The van der Waals surface area contributed by atoms with Crippen molar-refractivity contribution in [3.63, 3.8) is 0 Å². The van der Waals surface area contributed by atoms with Crippen LogP contribution in [0.5, 0.6) is 0 Å². The Bertz CT molecular complexity index is 431. The molecule has 0 spiro atoms. The van der Waals surface area contributed by atoms with Gasteiger partial charge in [-0.15, -0.1) is 0 Å². The third kappa shape index (κ3) is 4.18. The van der Waals surface area contributed by atoms with Crippen LogP contribution in [0.2, 0.25) is 0 Å². The van der Waals surface area contributed by atoms with Crippen LogP contribution >= 0.6 is 0 Å². The van der Waals surface area contributed by atoms with Crippen molar-refractivity contribution in [2.75, 3.05) is 24.2 Å². The number of benzene rings is 1. The van der Waals surface area contributed by atoms with E-state index in [-0.39, 0.29) is 12.4 Å². The number of hydrogen-bond donors (Lipinski definition) is 2. The van der Waals surface area contributed by atoms with Crippen molar-refractivity contribution in [2.45, 2.75) is 6.54 Å². The predicted molar refractivity (Wildman–Crippen MR) is 63.6 cm³/mol. The summed E-state index contributed by atoms with van der Waals surface area (Å²) in [5, 5.41) is 0. The molecule has 0 aliphatic rings. The molecular formula is C10H16N2O3S. The summed E-state index contributed by atoms with van der Waals surface area (Å²) >= 11 is 0. The highest BCUT2D eigenvalue weighted by atomic mass is 32.2. The van der Waals surface area contributed by atoms with Gasteiger partial charge in [0.1, 0.15) is 0 Å². The monoisotopic (exact) mass is 244 g/mol. The summed E-state index contributed by atoms with van der Waals surface area (Å²) in [5.41, 5.74) is 6.87. The van der Waals surface area contributed by atoms with Crippen molar-refractivity contribution in [3.05, 3.63) is 29.8 Å². The number of ether oxygens (including phenoxy) is 1. The molecule has 0 bridgehead atoms. The summed E-state index contributed by atoms with van der Waals surface area (Å²) in [5.74, 6) is -0.0592. The number of rotatable bonds is 6. The predicted octanol–water partition coefficient (Wildman–Crippen LogP) is 0.533. The molecule has 16 heavy (non-hydrogen) atoms. The first-order valence-electron chi connectivity index (χ1n) is 4.86. The first kappa shape index (κ1) is 13.0. The molecule has 1 aromatic rings. The van der Waals surface area contributed by atoms with E-state index in [1.165, 1.54) is 7.11 Å². The van der Waals surface area contributed by atoms with Crippen molar-refractivity contribution in [3.8, 4) is 0 Å². The smallest absolute Gasteiger partial charge is 0.234 e. The van der Waals surface area contributed by atoms with Crippen LogP contribution in [0, 0.1) is 0 Å². The molecule has 0 amide bonds. The van der Waals surface area contributed by atoms with E-state index < -0.39 is 10.0 Å². The standard InChI is InChI=1S/C10H16N2O3S/c1-15-5-6-16(13,14)12-10-4-2-3-9(7-10)8-11/h2-4,7,12H,5-6,8,11H2,1H3. The van der Waals surface area contributed by atoms with E-state index in [0.717, 1.165) is 5.56 Å². The largest absolute Gasteiger partial charge is 0.384 e. The van der Waals surface area contributed by atoms with Crippen molar-refractivity contribution in [1.82, 2.24) is 0 Å². The zero-order chi connectivity index (χ0) is 12.0. The molecule has 90 valence electrons. The Morgan fingerprint density at radius 2 is 2.19 bits per heavy atom. The third-order valence-electron chi connectivity index (χ3n) is 1.99. The molecule has 0 saturated heterocycles. The Labute approximate surface area is 95.7 Å². The highest BCUT2D eigenvalue weighted by Gasteiger charge is 2.09. The van der Waals surface area contributed by atoms with Gasteiger partial charge >= 0.3 is 0 Å². The lowest BCUT2D eigenvalue weighted by atomic mass is 10.2. The Balaban J connectivity index is 2.72. The van der Waals surface area contributed by atoms with E-state index >= 15 is 0 Å². The fourth-order valence-electron chi connectivity index (χ4n) is 1.19. The van der Waals surface area contributed by atoms with E-state index in [9.17, 15) is 8.42 Å². The summed E-state index contributed by atoms with van der Waals surface area (Å²) in [6.07, 6.45) is 0. The number of sulfonamides is 1. The highest BCUT2D eigenvalue weighted by molar-refractivity contribution is 7.92. The molecule has 0 radical (unpaired) electrons. The topological polar surface area (TPSA) is 81.4 Å². The van der Waals surface area contributed by atoms with Gasteiger partial charge in [0.25, 0.3) is 0 Å².